The molecule has 0 saturated carbocycles. The SMILES string of the molecule is CC1=NN(c2ccc(C(=O)OCC(=O)Nc3cc(F)ccc3F)cc2)CC1. The highest BCUT2D eigenvalue weighted by molar-refractivity contribution is 5.95. The topological polar surface area (TPSA) is 71.0 Å². The Bertz CT molecular complexity index is 898. The van der Waals surface area contributed by atoms with Crippen molar-refractivity contribution in [1.29, 1.82) is 0 Å². The Morgan fingerprint density at radius 1 is 1.19 bits per heavy atom. The summed E-state index contributed by atoms with van der Waals surface area (Å²) in [7, 11) is 0. The molecule has 2 aromatic carbocycles. The van der Waals surface area contributed by atoms with Gasteiger partial charge in [-0.3, -0.25) is 9.80 Å². The van der Waals surface area contributed by atoms with E-state index < -0.39 is 30.1 Å². The van der Waals surface area contributed by atoms with Crippen molar-refractivity contribution in [3.05, 3.63) is 59.7 Å². The highest BCUT2D eigenvalue weighted by Gasteiger charge is 2.15. The molecule has 0 fully saturated rings. The molecule has 8 heteroatoms. The number of carbonyl (C=O) groups excluding carboxylic acids is 2. The minimum absolute atomic E-state index is 0.267. The van der Waals surface area contributed by atoms with Crippen LogP contribution in [0.3, 0.4) is 0 Å². The number of halogens is 2. The van der Waals surface area contributed by atoms with Crippen LogP contribution in [0.2, 0.25) is 0 Å². The number of carbonyl (C=O) groups is 2. The molecular formula is C19H17F2N3O3. The van der Waals surface area contributed by atoms with E-state index >= 15 is 0 Å². The van der Waals surface area contributed by atoms with Gasteiger partial charge in [-0.05, 0) is 43.3 Å². The van der Waals surface area contributed by atoms with Gasteiger partial charge in [0.1, 0.15) is 11.6 Å². The number of hydrazone groups is 1. The Morgan fingerprint density at radius 3 is 2.59 bits per heavy atom. The number of benzene rings is 2. The van der Waals surface area contributed by atoms with Crippen LogP contribution in [0.1, 0.15) is 23.7 Å². The Kier molecular flexibility index (Phi) is 5.44. The van der Waals surface area contributed by atoms with E-state index in [1.807, 2.05) is 11.9 Å². The molecule has 1 amide bonds. The first kappa shape index (κ1) is 18.5. The van der Waals surface area contributed by atoms with Crippen molar-refractivity contribution in [2.45, 2.75) is 13.3 Å². The molecule has 1 aliphatic rings. The number of hydrogen-bond donors (Lipinski definition) is 1. The van der Waals surface area contributed by atoms with E-state index in [9.17, 15) is 18.4 Å². The van der Waals surface area contributed by atoms with Crippen LogP contribution in [0.15, 0.2) is 47.6 Å². The van der Waals surface area contributed by atoms with E-state index in [4.69, 9.17) is 4.74 Å². The smallest absolute Gasteiger partial charge is 0.338 e. The first-order valence-corrected chi connectivity index (χ1v) is 8.26. The minimum atomic E-state index is -0.786. The predicted octanol–water partition coefficient (Wildman–Crippen LogP) is 3.35. The molecule has 6 nitrogen and oxygen atoms in total. The molecule has 0 unspecified atom stereocenters. The first-order chi connectivity index (χ1) is 12.9. The van der Waals surface area contributed by atoms with Crippen LogP contribution in [0.5, 0.6) is 0 Å². The lowest BCUT2D eigenvalue weighted by Crippen LogP contribution is -2.21. The lowest BCUT2D eigenvalue weighted by atomic mass is 10.2. The van der Waals surface area contributed by atoms with E-state index in [1.54, 1.807) is 24.3 Å². The van der Waals surface area contributed by atoms with E-state index in [2.05, 4.69) is 10.4 Å². The normalized spacial score (nSPS) is 13.3. The van der Waals surface area contributed by atoms with Crippen molar-refractivity contribution < 1.29 is 23.1 Å². The van der Waals surface area contributed by atoms with Crippen LogP contribution in [0.4, 0.5) is 20.2 Å². The number of esters is 1. The van der Waals surface area contributed by atoms with Gasteiger partial charge in [-0.2, -0.15) is 5.10 Å². The maximum atomic E-state index is 13.5. The van der Waals surface area contributed by atoms with Gasteiger partial charge in [-0.25, -0.2) is 13.6 Å². The summed E-state index contributed by atoms with van der Waals surface area (Å²) in [6.07, 6.45) is 0.894. The number of ether oxygens (including phenoxy) is 1. The fourth-order valence-electron chi connectivity index (χ4n) is 2.52. The number of hydrogen-bond acceptors (Lipinski definition) is 5. The molecule has 0 spiro atoms. The van der Waals surface area contributed by atoms with Gasteiger partial charge in [0, 0.05) is 24.7 Å². The number of amides is 1. The molecule has 0 aliphatic carbocycles. The van der Waals surface area contributed by atoms with Gasteiger partial charge in [0.25, 0.3) is 5.91 Å². The summed E-state index contributed by atoms with van der Waals surface area (Å²) in [4.78, 5) is 23.8. The van der Waals surface area contributed by atoms with Gasteiger partial charge in [0.2, 0.25) is 0 Å². The van der Waals surface area contributed by atoms with Crippen LogP contribution in [0.25, 0.3) is 0 Å². The Morgan fingerprint density at radius 2 is 1.93 bits per heavy atom. The van der Waals surface area contributed by atoms with Crippen molar-refractivity contribution >= 4 is 29.0 Å². The van der Waals surface area contributed by atoms with Crippen LogP contribution < -0.4 is 10.3 Å². The summed E-state index contributed by atoms with van der Waals surface area (Å²) >= 11 is 0. The molecule has 0 atom stereocenters. The quantitative estimate of drug-likeness (QED) is 0.816. The molecule has 27 heavy (non-hydrogen) atoms. The lowest BCUT2D eigenvalue weighted by molar-refractivity contribution is -0.119. The highest BCUT2D eigenvalue weighted by Crippen LogP contribution is 2.20. The van der Waals surface area contributed by atoms with Crippen molar-refractivity contribution in [3.63, 3.8) is 0 Å². The summed E-state index contributed by atoms with van der Waals surface area (Å²) in [5.41, 5.74) is 1.84. The maximum absolute atomic E-state index is 13.5. The largest absolute Gasteiger partial charge is 0.452 e. The van der Waals surface area contributed by atoms with Crippen LogP contribution in [-0.4, -0.2) is 30.7 Å². The third kappa shape index (κ3) is 4.66. The average Bonchev–Trinajstić information content (AvgIpc) is 3.09. The second kappa shape index (κ2) is 7.94. The van der Waals surface area contributed by atoms with Crippen LogP contribution >= 0.6 is 0 Å². The second-order valence-corrected chi connectivity index (χ2v) is 6.00. The fraction of sp³-hybridized carbons (Fsp3) is 0.211. The number of nitrogens with one attached hydrogen (secondary N) is 1. The fourth-order valence-corrected chi connectivity index (χ4v) is 2.52. The third-order valence-electron chi connectivity index (χ3n) is 3.91. The van der Waals surface area contributed by atoms with Crippen molar-refractivity contribution in [2.24, 2.45) is 5.10 Å². The Balaban J connectivity index is 1.54. The lowest BCUT2D eigenvalue weighted by Gasteiger charge is -2.13. The van der Waals surface area contributed by atoms with E-state index in [1.165, 1.54) is 0 Å². The van der Waals surface area contributed by atoms with Crippen molar-refractivity contribution in [3.8, 4) is 0 Å². The standard InChI is InChI=1S/C19H17F2N3O3/c1-12-8-9-24(23-12)15-5-2-13(3-6-15)19(26)27-11-18(25)22-17-10-14(20)4-7-16(17)21/h2-7,10H,8-9,11H2,1H3,(H,22,25). The molecule has 1 aliphatic heterocycles. The molecule has 0 saturated heterocycles. The molecule has 0 radical (unpaired) electrons. The first-order valence-electron chi connectivity index (χ1n) is 8.26. The summed E-state index contributed by atoms with van der Waals surface area (Å²) in [5, 5.41) is 8.36. The third-order valence-corrected chi connectivity index (χ3v) is 3.91. The molecule has 1 N–H and O–H groups in total. The Hall–Kier alpha value is -3.29. The monoisotopic (exact) mass is 373 g/mol. The minimum Gasteiger partial charge on any atom is -0.452 e. The van der Waals surface area contributed by atoms with Gasteiger partial charge in [-0.15, -0.1) is 0 Å². The summed E-state index contributed by atoms with van der Waals surface area (Å²) < 4.78 is 31.5. The molecule has 0 aromatic heterocycles. The Labute approximate surface area is 154 Å². The molecule has 0 bridgehead atoms. The number of rotatable bonds is 5. The van der Waals surface area contributed by atoms with E-state index in [-0.39, 0.29) is 11.3 Å². The maximum Gasteiger partial charge on any atom is 0.338 e. The number of anilines is 2. The summed E-state index contributed by atoms with van der Waals surface area (Å²) in [6.45, 7) is 2.12. The van der Waals surface area contributed by atoms with Gasteiger partial charge in [0.15, 0.2) is 6.61 Å². The van der Waals surface area contributed by atoms with Crippen molar-refractivity contribution in [2.75, 3.05) is 23.5 Å². The van der Waals surface area contributed by atoms with Crippen LogP contribution in [0, 0.1) is 11.6 Å². The molecule has 3 rings (SSSR count). The highest BCUT2D eigenvalue weighted by atomic mass is 19.1. The predicted molar refractivity (Wildman–Crippen MR) is 96.8 cm³/mol. The van der Waals surface area contributed by atoms with Gasteiger partial charge < -0.3 is 10.1 Å². The molecule has 2 aromatic rings. The van der Waals surface area contributed by atoms with Gasteiger partial charge >= 0.3 is 5.97 Å². The summed E-state index contributed by atoms with van der Waals surface area (Å²) in [6, 6.07) is 9.29. The zero-order chi connectivity index (χ0) is 19.4. The van der Waals surface area contributed by atoms with Gasteiger partial charge in [-0.1, -0.05) is 0 Å². The summed E-state index contributed by atoms with van der Waals surface area (Å²) in [5.74, 6) is -2.95. The zero-order valence-corrected chi connectivity index (χ0v) is 14.5. The average molecular weight is 373 g/mol. The van der Waals surface area contributed by atoms with E-state index in [0.717, 1.165) is 42.6 Å². The van der Waals surface area contributed by atoms with Crippen molar-refractivity contribution in [1.82, 2.24) is 0 Å². The number of nitrogens with zero attached hydrogens (tertiary/aromatic N) is 2. The van der Waals surface area contributed by atoms with Gasteiger partial charge in [0.05, 0.1) is 16.9 Å². The van der Waals surface area contributed by atoms with E-state index in [0.29, 0.717) is 0 Å². The molecular weight excluding hydrogens is 356 g/mol. The molecule has 1 heterocycles. The second-order valence-electron chi connectivity index (χ2n) is 6.00. The zero-order valence-electron chi connectivity index (χ0n) is 14.5. The molecule has 140 valence electrons. The van der Waals surface area contributed by atoms with Crippen LogP contribution in [-0.2, 0) is 9.53 Å².